The van der Waals surface area contributed by atoms with Gasteiger partial charge in [-0.1, -0.05) is 18.2 Å². The maximum absolute atomic E-state index is 9.77. The van der Waals surface area contributed by atoms with E-state index in [1.807, 2.05) is 42.5 Å². The molecule has 20 heavy (non-hydrogen) atoms. The van der Waals surface area contributed by atoms with Crippen LogP contribution in [0.2, 0.25) is 0 Å². The average Bonchev–Trinajstić information content (AvgIpc) is 3.20. The Morgan fingerprint density at radius 1 is 0.800 bits per heavy atom. The summed E-state index contributed by atoms with van der Waals surface area (Å²) in [7, 11) is 0. The zero-order chi connectivity index (χ0) is 14.0. The highest BCUT2D eigenvalue weighted by Gasteiger charge is 1.88. The molecule has 3 rings (SSSR count). The molecule has 0 N–H and O–H groups in total. The van der Waals surface area contributed by atoms with Crippen molar-refractivity contribution in [2.75, 3.05) is 0 Å². The lowest BCUT2D eigenvalue weighted by atomic mass is 10.3. The molecule has 0 amide bonds. The van der Waals surface area contributed by atoms with E-state index in [1.165, 1.54) is 6.26 Å². The second-order valence-corrected chi connectivity index (χ2v) is 3.74. The van der Waals surface area contributed by atoms with Crippen molar-refractivity contribution in [2.45, 2.75) is 0 Å². The molecule has 0 aliphatic heterocycles. The first-order chi connectivity index (χ1) is 9.88. The lowest BCUT2D eigenvalue weighted by Crippen LogP contribution is -1.72. The van der Waals surface area contributed by atoms with E-state index in [0.29, 0.717) is 12.0 Å². The smallest absolute Gasteiger partial charge is 0.185 e. The van der Waals surface area contributed by atoms with Gasteiger partial charge in [0.15, 0.2) is 12.0 Å². The van der Waals surface area contributed by atoms with Gasteiger partial charge < -0.3 is 8.83 Å². The molecule has 0 spiro atoms. The van der Waals surface area contributed by atoms with Crippen molar-refractivity contribution < 1.29 is 13.6 Å². The van der Waals surface area contributed by atoms with Crippen LogP contribution in [0.3, 0.4) is 0 Å². The lowest BCUT2D eigenvalue weighted by Gasteiger charge is -1.89. The number of para-hydroxylation sites is 1. The van der Waals surface area contributed by atoms with Gasteiger partial charge in [0.05, 0.1) is 24.4 Å². The van der Waals surface area contributed by atoms with Crippen LogP contribution in [0.4, 0.5) is 5.69 Å². The van der Waals surface area contributed by atoms with Crippen molar-refractivity contribution in [1.29, 1.82) is 0 Å². The molecule has 0 aliphatic carbocycles. The SMILES string of the molecule is C(=Nc1ccccc1)c1ccco1.O=Cc1ccco1. The minimum absolute atomic E-state index is 0.375. The summed E-state index contributed by atoms with van der Waals surface area (Å²) < 4.78 is 9.72. The van der Waals surface area contributed by atoms with Crippen molar-refractivity contribution in [1.82, 2.24) is 0 Å². The Labute approximate surface area is 116 Å². The standard InChI is InChI=1S/C11H9NO.C5H4O2/c1-2-5-10(6-3-1)12-9-11-7-4-8-13-11;6-4-5-2-1-3-7-5/h1-9H;1-4H. The van der Waals surface area contributed by atoms with E-state index in [9.17, 15) is 4.79 Å². The van der Waals surface area contributed by atoms with Gasteiger partial charge in [-0.2, -0.15) is 0 Å². The number of furan rings is 2. The highest BCUT2D eigenvalue weighted by Crippen LogP contribution is 2.09. The van der Waals surface area contributed by atoms with Gasteiger partial charge in [0, 0.05) is 0 Å². The van der Waals surface area contributed by atoms with Gasteiger partial charge >= 0.3 is 0 Å². The van der Waals surface area contributed by atoms with Crippen LogP contribution in [0.25, 0.3) is 0 Å². The molecule has 2 aromatic heterocycles. The molecule has 0 bridgehead atoms. The molecule has 4 heteroatoms. The van der Waals surface area contributed by atoms with Crippen molar-refractivity contribution in [2.24, 2.45) is 4.99 Å². The number of rotatable bonds is 3. The van der Waals surface area contributed by atoms with Crippen LogP contribution in [-0.2, 0) is 0 Å². The zero-order valence-electron chi connectivity index (χ0n) is 10.7. The van der Waals surface area contributed by atoms with Gasteiger partial charge in [-0.25, -0.2) is 0 Å². The molecule has 0 atom stereocenters. The molecular formula is C16H13NO3. The summed E-state index contributed by atoms with van der Waals surface area (Å²) in [5, 5.41) is 0. The topological polar surface area (TPSA) is 55.7 Å². The number of carbonyl (C=O) groups is 1. The molecule has 0 radical (unpaired) electrons. The summed E-state index contributed by atoms with van der Waals surface area (Å²) in [6.07, 6.45) is 5.46. The molecule has 0 saturated heterocycles. The third-order valence-corrected chi connectivity index (χ3v) is 2.30. The zero-order valence-corrected chi connectivity index (χ0v) is 10.7. The molecule has 100 valence electrons. The van der Waals surface area contributed by atoms with Gasteiger partial charge in [-0.3, -0.25) is 9.79 Å². The van der Waals surface area contributed by atoms with E-state index in [4.69, 9.17) is 4.42 Å². The van der Waals surface area contributed by atoms with E-state index in [-0.39, 0.29) is 0 Å². The monoisotopic (exact) mass is 267 g/mol. The van der Waals surface area contributed by atoms with Crippen LogP contribution >= 0.6 is 0 Å². The minimum Gasteiger partial charge on any atom is -0.463 e. The summed E-state index contributed by atoms with van der Waals surface area (Å²) >= 11 is 0. The molecule has 4 nitrogen and oxygen atoms in total. The van der Waals surface area contributed by atoms with Crippen molar-refractivity contribution in [3.63, 3.8) is 0 Å². The summed E-state index contributed by atoms with van der Waals surface area (Å²) in [5.74, 6) is 1.14. The molecule has 3 aromatic rings. The molecule has 1 aromatic carbocycles. The molecule has 0 unspecified atom stereocenters. The first-order valence-electron chi connectivity index (χ1n) is 6.00. The summed E-state index contributed by atoms with van der Waals surface area (Å²) in [5.41, 5.74) is 0.930. The number of nitrogens with zero attached hydrogens (tertiary/aromatic N) is 1. The minimum atomic E-state index is 0.375. The quantitative estimate of drug-likeness (QED) is 0.529. The van der Waals surface area contributed by atoms with Crippen molar-refractivity contribution in [3.8, 4) is 0 Å². The van der Waals surface area contributed by atoms with E-state index < -0.39 is 0 Å². The fourth-order valence-corrected chi connectivity index (χ4v) is 1.38. The Kier molecular flexibility index (Phi) is 5.10. The van der Waals surface area contributed by atoms with Crippen LogP contribution in [0.5, 0.6) is 0 Å². The highest BCUT2D eigenvalue weighted by molar-refractivity contribution is 5.78. The fourth-order valence-electron chi connectivity index (χ4n) is 1.38. The van der Waals surface area contributed by atoms with E-state index in [0.717, 1.165) is 11.4 Å². The van der Waals surface area contributed by atoms with Gasteiger partial charge in [0.1, 0.15) is 5.76 Å². The summed E-state index contributed by atoms with van der Waals surface area (Å²) in [4.78, 5) is 14.0. The summed E-state index contributed by atoms with van der Waals surface area (Å²) in [6, 6.07) is 16.7. The number of aldehydes is 1. The third-order valence-electron chi connectivity index (χ3n) is 2.30. The molecular weight excluding hydrogens is 254 g/mol. The predicted octanol–water partition coefficient (Wildman–Crippen LogP) is 4.12. The van der Waals surface area contributed by atoms with Gasteiger partial charge in [-0.15, -0.1) is 0 Å². The van der Waals surface area contributed by atoms with Gasteiger partial charge in [0.2, 0.25) is 0 Å². The maximum atomic E-state index is 9.77. The average molecular weight is 267 g/mol. The Hall–Kier alpha value is -2.88. The normalized spacial score (nSPS) is 10.0. The summed E-state index contributed by atoms with van der Waals surface area (Å²) in [6.45, 7) is 0. The highest BCUT2D eigenvalue weighted by atomic mass is 16.3. The third kappa shape index (κ3) is 4.42. The maximum Gasteiger partial charge on any atom is 0.185 e. The second kappa shape index (κ2) is 7.53. The molecule has 2 heterocycles. The van der Waals surface area contributed by atoms with Crippen LogP contribution < -0.4 is 0 Å². The van der Waals surface area contributed by atoms with Gasteiger partial charge in [-0.05, 0) is 36.4 Å². The van der Waals surface area contributed by atoms with E-state index in [1.54, 1.807) is 24.6 Å². The van der Waals surface area contributed by atoms with Crippen molar-refractivity contribution in [3.05, 3.63) is 78.6 Å². The predicted molar refractivity (Wildman–Crippen MR) is 76.5 cm³/mol. The largest absolute Gasteiger partial charge is 0.463 e. The number of aliphatic imine (C=N–C) groups is 1. The molecule has 0 aliphatic rings. The molecule has 0 saturated carbocycles. The van der Waals surface area contributed by atoms with Crippen LogP contribution in [0.1, 0.15) is 16.3 Å². The Balaban J connectivity index is 0.000000178. The number of hydrogen-bond acceptors (Lipinski definition) is 4. The van der Waals surface area contributed by atoms with Crippen LogP contribution in [-0.4, -0.2) is 12.5 Å². The molecule has 0 fully saturated rings. The number of benzene rings is 1. The first kappa shape index (κ1) is 13.5. The second-order valence-electron chi connectivity index (χ2n) is 3.74. The fraction of sp³-hybridized carbons (Fsp3) is 0. The van der Waals surface area contributed by atoms with Crippen LogP contribution in [0.15, 0.2) is 81.0 Å². The van der Waals surface area contributed by atoms with Crippen molar-refractivity contribution >= 4 is 18.2 Å². The Bertz CT molecular complexity index is 626. The Morgan fingerprint density at radius 2 is 1.45 bits per heavy atom. The first-order valence-corrected chi connectivity index (χ1v) is 6.00. The van der Waals surface area contributed by atoms with E-state index in [2.05, 4.69) is 9.41 Å². The van der Waals surface area contributed by atoms with Crippen LogP contribution in [0, 0.1) is 0 Å². The number of carbonyl (C=O) groups excluding carboxylic acids is 1. The number of hydrogen-bond donors (Lipinski definition) is 0. The van der Waals surface area contributed by atoms with Gasteiger partial charge in [0.25, 0.3) is 0 Å². The Morgan fingerprint density at radius 3 is 1.95 bits per heavy atom. The van der Waals surface area contributed by atoms with E-state index >= 15 is 0 Å². The lowest BCUT2D eigenvalue weighted by molar-refractivity contribution is 0.110.